The van der Waals surface area contributed by atoms with Gasteiger partial charge in [0.25, 0.3) is 5.91 Å². The molecule has 1 amide bonds. The van der Waals surface area contributed by atoms with E-state index >= 15 is 0 Å². The Labute approximate surface area is 163 Å². The Morgan fingerprint density at radius 3 is 2.29 bits per heavy atom. The number of halogens is 1. The maximum atomic E-state index is 14.3. The number of nitrogens with zero attached hydrogens (tertiary/aromatic N) is 2. The molecular weight excluding hydrogens is 391 g/mol. The number of carbonyl (C=O) groups excluding carboxylic acids is 1. The smallest absolute Gasteiger partial charge is 0.257 e. The van der Waals surface area contributed by atoms with Crippen LogP contribution < -0.4 is 0 Å². The van der Waals surface area contributed by atoms with E-state index in [1.54, 1.807) is 0 Å². The zero-order chi connectivity index (χ0) is 19.8. The molecule has 1 spiro atoms. The lowest BCUT2D eigenvalue weighted by molar-refractivity contribution is -0.179. The van der Waals surface area contributed by atoms with Crippen molar-refractivity contribution in [2.24, 2.45) is 0 Å². The van der Waals surface area contributed by atoms with Crippen molar-refractivity contribution in [2.75, 3.05) is 52.6 Å². The molecule has 4 rings (SSSR count). The third-order valence-corrected chi connectivity index (χ3v) is 7.30. The van der Waals surface area contributed by atoms with Gasteiger partial charge in [-0.1, -0.05) is 0 Å². The largest absolute Gasteiger partial charge is 0.378 e. The molecule has 3 fully saturated rings. The van der Waals surface area contributed by atoms with Crippen LogP contribution in [-0.4, -0.2) is 81.9 Å². The Bertz CT molecular complexity index is 840. The first-order valence-electron chi connectivity index (χ1n) is 9.36. The highest BCUT2D eigenvalue weighted by Gasteiger charge is 2.42. The first-order valence-corrected chi connectivity index (χ1v) is 10.8. The van der Waals surface area contributed by atoms with Gasteiger partial charge in [0.1, 0.15) is 5.82 Å². The van der Waals surface area contributed by atoms with E-state index in [0.29, 0.717) is 52.4 Å². The minimum absolute atomic E-state index is 0.0882. The maximum absolute atomic E-state index is 14.3. The van der Waals surface area contributed by atoms with E-state index in [9.17, 15) is 17.6 Å². The van der Waals surface area contributed by atoms with Crippen LogP contribution in [0.15, 0.2) is 23.1 Å². The molecule has 0 N–H and O–H groups in total. The van der Waals surface area contributed by atoms with Gasteiger partial charge in [0, 0.05) is 39.0 Å². The van der Waals surface area contributed by atoms with Crippen molar-refractivity contribution in [3.63, 3.8) is 0 Å². The Balaban J connectivity index is 1.54. The first kappa shape index (κ1) is 19.7. The van der Waals surface area contributed by atoms with Crippen molar-refractivity contribution in [1.29, 1.82) is 0 Å². The van der Waals surface area contributed by atoms with Gasteiger partial charge in [-0.05, 0) is 18.2 Å². The van der Waals surface area contributed by atoms with Crippen LogP contribution in [0.25, 0.3) is 0 Å². The van der Waals surface area contributed by atoms with Crippen LogP contribution in [0.5, 0.6) is 0 Å². The second-order valence-corrected chi connectivity index (χ2v) is 9.00. The highest BCUT2D eigenvalue weighted by molar-refractivity contribution is 7.89. The Kier molecular flexibility index (Phi) is 5.41. The average Bonchev–Trinajstić information content (AvgIpc) is 3.16. The third-order valence-electron chi connectivity index (χ3n) is 5.40. The zero-order valence-corrected chi connectivity index (χ0v) is 16.2. The van der Waals surface area contributed by atoms with E-state index in [4.69, 9.17) is 14.2 Å². The van der Waals surface area contributed by atoms with Crippen LogP contribution in [0.4, 0.5) is 4.39 Å². The van der Waals surface area contributed by atoms with Crippen LogP contribution in [0, 0.1) is 5.82 Å². The topological polar surface area (TPSA) is 85.4 Å². The molecule has 3 aliphatic rings. The highest BCUT2D eigenvalue weighted by atomic mass is 32.2. The number of sulfonamides is 1. The van der Waals surface area contributed by atoms with E-state index in [1.165, 1.54) is 15.3 Å². The summed E-state index contributed by atoms with van der Waals surface area (Å²) in [5, 5.41) is 0. The Morgan fingerprint density at radius 1 is 1.00 bits per heavy atom. The second kappa shape index (κ2) is 7.68. The summed E-state index contributed by atoms with van der Waals surface area (Å²) in [7, 11) is -3.85. The lowest BCUT2D eigenvalue weighted by atomic mass is 10.1. The third kappa shape index (κ3) is 3.67. The van der Waals surface area contributed by atoms with E-state index < -0.39 is 27.5 Å². The molecule has 8 nitrogen and oxygen atoms in total. The fraction of sp³-hybridized carbons (Fsp3) is 0.611. The maximum Gasteiger partial charge on any atom is 0.257 e. The van der Waals surface area contributed by atoms with Gasteiger partial charge in [-0.2, -0.15) is 4.31 Å². The summed E-state index contributed by atoms with van der Waals surface area (Å²) in [6, 6.07) is 3.37. The summed E-state index contributed by atoms with van der Waals surface area (Å²) in [4.78, 5) is 14.0. The first-order chi connectivity index (χ1) is 13.4. The standard InChI is InChI=1S/C18H23FN2O6S/c19-16-2-1-14(13-15(16)17(22)20-7-9-25-10-8-20)28(23,24)21-5-3-18(4-6-21)26-11-12-27-18/h1-2,13H,3-12H2. The van der Waals surface area contributed by atoms with Crippen LogP contribution in [-0.2, 0) is 24.2 Å². The molecule has 3 aliphatic heterocycles. The van der Waals surface area contributed by atoms with Crippen LogP contribution in [0.3, 0.4) is 0 Å². The fourth-order valence-electron chi connectivity index (χ4n) is 3.77. The molecule has 3 saturated heterocycles. The molecule has 154 valence electrons. The van der Waals surface area contributed by atoms with E-state index in [-0.39, 0.29) is 23.5 Å². The Hall–Kier alpha value is -1.59. The van der Waals surface area contributed by atoms with Crippen LogP contribution >= 0.6 is 0 Å². The molecule has 0 unspecified atom stereocenters. The lowest BCUT2D eigenvalue weighted by Crippen LogP contribution is -2.47. The molecule has 0 aromatic heterocycles. The molecule has 1 aromatic rings. The SMILES string of the molecule is O=C(c1cc(S(=O)(=O)N2CCC3(CC2)OCCO3)ccc1F)N1CCOCC1. The minimum atomic E-state index is -3.85. The second-order valence-electron chi connectivity index (χ2n) is 7.06. The van der Waals surface area contributed by atoms with Crippen molar-refractivity contribution in [3.8, 4) is 0 Å². The minimum Gasteiger partial charge on any atom is -0.378 e. The normalized spacial score (nSPS) is 23.2. The molecule has 10 heteroatoms. The summed E-state index contributed by atoms with van der Waals surface area (Å²) >= 11 is 0. The molecule has 0 bridgehead atoms. The summed E-state index contributed by atoms with van der Waals surface area (Å²) in [5.74, 6) is -1.95. The van der Waals surface area contributed by atoms with Gasteiger partial charge in [0.05, 0.1) is 36.9 Å². The average molecular weight is 414 g/mol. The number of ether oxygens (including phenoxy) is 3. The number of hydrogen-bond donors (Lipinski definition) is 0. The number of piperidine rings is 1. The predicted molar refractivity (Wildman–Crippen MR) is 95.8 cm³/mol. The van der Waals surface area contributed by atoms with Gasteiger partial charge >= 0.3 is 0 Å². The van der Waals surface area contributed by atoms with Crippen molar-refractivity contribution in [3.05, 3.63) is 29.6 Å². The molecule has 0 radical (unpaired) electrons. The summed E-state index contributed by atoms with van der Waals surface area (Å²) in [6.07, 6.45) is 0.875. The summed E-state index contributed by atoms with van der Waals surface area (Å²) in [5.41, 5.74) is -0.237. The predicted octanol–water partition coefficient (Wildman–Crippen LogP) is 0.826. The van der Waals surface area contributed by atoms with E-state index in [0.717, 1.165) is 12.1 Å². The molecule has 0 saturated carbocycles. The number of benzene rings is 1. The Morgan fingerprint density at radius 2 is 1.64 bits per heavy atom. The van der Waals surface area contributed by atoms with Crippen molar-refractivity contribution in [1.82, 2.24) is 9.21 Å². The highest BCUT2D eigenvalue weighted by Crippen LogP contribution is 2.33. The molecule has 1 aromatic carbocycles. The summed E-state index contributed by atoms with van der Waals surface area (Å²) in [6.45, 7) is 2.97. The van der Waals surface area contributed by atoms with E-state index in [1.807, 2.05) is 0 Å². The number of morpholine rings is 1. The van der Waals surface area contributed by atoms with E-state index in [2.05, 4.69) is 0 Å². The number of hydrogen-bond acceptors (Lipinski definition) is 6. The molecule has 28 heavy (non-hydrogen) atoms. The molecule has 3 heterocycles. The number of carbonyl (C=O) groups is 1. The van der Waals surface area contributed by atoms with Gasteiger partial charge < -0.3 is 19.1 Å². The molecule has 0 aliphatic carbocycles. The number of rotatable bonds is 3. The van der Waals surface area contributed by atoms with Crippen molar-refractivity contribution >= 4 is 15.9 Å². The quantitative estimate of drug-likeness (QED) is 0.728. The van der Waals surface area contributed by atoms with Gasteiger partial charge in [-0.15, -0.1) is 0 Å². The van der Waals surface area contributed by atoms with Gasteiger partial charge in [0.2, 0.25) is 10.0 Å². The van der Waals surface area contributed by atoms with Gasteiger partial charge in [-0.25, -0.2) is 12.8 Å². The summed E-state index contributed by atoms with van der Waals surface area (Å²) < 4.78 is 58.1. The van der Waals surface area contributed by atoms with Gasteiger partial charge in [0.15, 0.2) is 5.79 Å². The van der Waals surface area contributed by atoms with Gasteiger partial charge in [-0.3, -0.25) is 4.79 Å². The fourth-order valence-corrected chi connectivity index (χ4v) is 5.24. The number of amides is 1. The lowest BCUT2D eigenvalue weighted by Gasteiger charge is -2.36. The van der Waals surface area contributed by atoms with Crippen LogP contribution in [0.2, 0.25) is 0 Å². The van der Waals surface area contributed by atoms with Crippen molar-refractivity contribution < 1.29 is 31.8 Å². The van der Waals surface area contributed by atoms with Crippen LogP contribution in [0.1, 0.15) is 23.2 Å². The molecule has 0 atom stereocenters. The van der Waals surface area contributed by atoms with Crippen molar-refractivity contribution in [2.45, 2.75) is 23.5 Å². The monoisotopic (exact) mass is 414 g/mol. The zero-order valence-electron chi connectivity index (χ0n) is 15.4. The molecular formula is C18H23FN2O6S.